The number of hydrogen-bond donors (Lipinski definition) is 5. The van der Waals surface area contributed by atoms with E-state index in [-0.39, 0.29) is 49.9 Å². The number of aldehydes is 1. The third-order valence-electron chi connectivity index (χ3n) is 19.9. The number of methoxy groups -OCH3 is 1. The van der Waals surface area contributed by atoms with Gasteiger partial charge in [-0.2, -0.15) is 0 Å². The first kappa shape index (κ1) is 124. The molecule has 0 spiro atoms. The van der Waals surface area contributed by atoms with Gasteiger partial charge in [-0.3, -0.25) is 39.4 Å². The lowest BCUT2D eigenvalue weighted by molar-refractivity contribution is -0.385. The average Bonchev–Trinajstić information content (AvgIpc) is 0.899. The number of non-ortho nitro benzene ring substituents is 2. The van der Waals surface area contributed by atoms with Crippen LogP contribution in [0.2, 0.25) is 0 Å². The normalized spacial score (nSPS) is 11.0. The Morgan fingerprint density at radius 1 is 0.474 bits per heavy atom. The van der Waals surface area contributed by atoms with Crippen molar-refractivity contribution in [3.8, 4) is 0 Å². The van der Waals surface area contributed by atoms with Crippen LogP contribution in [0.25, 0.3) is 6.08 Å². The first-order valence-electron chi connectivity index (χ1n) is 44.5. The Morgan fingerprint density at radius 2 is 0.752 bits per heavy atom. The third kappa shape index (κ3) is 54.5. The largest absolute Gasteiger partial charge is 0.466 e. The summed E-state index contributed by atoms with van der Waals surface area (Å²) in [5, 5.41) is 50.1. The zero-order chi connectivity index (χ0) is 101. The van der Waals surface area contributed by atoms with Gasteiger partial charge in [0.15, 0.2) is 5.78 Å². The molecule has 0 saturated heterocycles. The van der Waals surface area contributed by atoms with Crippen LogP contribution in [-0.2, 0) is 38.2 Å². The summed E-state index contributed by atoms with van der Waals surface area (Å²) in [6, 6.07) is 96.0. The second-order valence-corrected chi connectivity index (χ2v) is 34.9. The number of halogens is 1. The zero-order valence-corrected chi connectivity index (χ0v) is 82.5. The molecule has 6 N–H and O–H groups in total. The molecular formula is C113H150ClN7O16. The second kappa shape index (κ2) is 68.3. The number of carbonyl (C=O) groups excluding carboxylic acids is 6. The molecule has 0 amide bonds. The van der Waals surface area contributed by atoms with Crippen molar-refractivity contribution in [2.24, 2.45) is 5.73 Å². The number of benzene rings is 10. The molecule has 10 rings (SSSR count). The molecule has 24 heteroatoms. The molecule has 0 bridgehead atoms. The van der Waals surface area contributed by atoms with Crippen LogP contribution in [0.3, 0.4) is 0 Å². The molecular weight excluding hydrogens is 1750 g/mol. The number of nitrogens with zero attached hydrogens (tertiary/aromatic N) is 5. The summed E-state index contributed by atoms with van der Waals surface area (Å²) < 4.78 is 15.5. The number of nitrogens with two attached hydrogens (primary N) is 1. The van der Waals surface area contributed by atoms with Crippen molar-refractivity contribution in [3.05, 3.63) is 403 Å². The molecule has 0 radical (unpaired) electrons. The fourth-order valence-corrected chi connectivity index (χ4v) is 14.2. The molecule has 0 atom stereocenters. The third-order valence-corrected chi connectivity index (χ3v) is 20.5. The minimum Gasteiger partial charge on any atom is -0.466 e. The minimum atomic E-state index is -0.877. The maximum Gasteiger partial charge on any atom is 0.342 e. The van der Waals surface area contributed by atoms with Gasteiger partial charge >= 0.3 is 17.9 Å². The zero-order valence-electron chi connectivity index (χ0n) is 81.7. The highest BCUT2D eigenvalue weighted by atomic mass is 35.5. The number of alkyl halides is 1. The van der Waals surface area contributed by atoms with Gasteiger partial charge in [0.25, 0.3) is 11.4 Å². The Labute approximate surface area is 820 Å². The van der Waals surface area contributed by atoms with Crippen LogP contribution in [0.4, 0.5) is 11.4 Å². The minimum absolute atomic E-state index is 0. The highest BCUT2D eigenvalue weighted by Gasteiger charge is 2.31. The first-order valence-corrected chi connectivity index (χ1v) is 45.1. The van der Waals surface area contributed by atoms with Gasteiger partial charge in [0.1, 0.15) is 35.3 Å². The van der Waals surface area contributed by atoms with Crippen molar-refractivity contribution in [2.75, 3.05) is 94.1 Å². The number of rotatable bonds is 38. The van der Waals surface area contributed by atoms with Crippen molar-refractivity contribution < 1.29 is 68.1 Å². The SMILES string of the molecule is C.C.C=C=C.CC(=O)/C(=C\c1cccc([N+](=O)[O-])c1)C(=O)OC(C)(C)CN(C)CCC(c1ccccc1)c1ccccc1.CC(=O)CC(=O)OC(C)(C)CN(C)CCC(c1ccccc1)c1ccccc1.CC(C)(O)CCl.CN(CCC(c1ccccc1)c1ccccc1)CC(C)(C)O.CNCCC(c1ccccc1)c1ccccc1.CO.COC(=O)/C=C(\C)N.O=Cc1cccc([N+](=O)[O-])c1. The maximum atomic E-state index is 13.0. The molecule has 0 fully saturated rings. The summed E-state index contributed by atoms with van der Waals surface area (Å²) in [5.74, 6) is -0.553. The smallest absolute Gasteiger partial charge is 0.342 e. The van der Waals surface area contributed by atoms with E-state index in [4.69, 9.17) is 37.0 Å². The number of hydrogen-bond acceptors (Lipinski definition) is 21. The van der Waals surface area contributed by atoms with Gasteiger partial charge in [-0.15, -0.1) is 17.3 Å². The van der Waals surface area contributed by atoms with E-state index in [0.29, 0.717) is 66.4 Å². The van der Waals surface area contributed by atoms with Crippen LogP contribution in [-0.4, -0.2) is 192 Å². The summed E-state index contributed by atoms with van der Waals surface area (Å²) in [5.41, 5.74) is 15.9. The van der Waals surface area contributed by atoms with Crippen LogP contribution in [0.15, 0.2) is 327 Å². The van der Waals surface area contributed by atoms with Crippen molar-refractivity contribution in [3.63, 3.8) is 0 Å². The summed E-state index contributed by atoms with van der Waals surface area (Å²) >= 11 is 5.23. The van der Waals surface area contributed by atoms with Gasteiger partial charge in [0, 0.05) is 92.0 Å². The van der Waals surface area contributed by atoms with Gasteiger partial charge < -0.3 is 55.3 Å². The number of allylic oxidation sites excluding steroid dienone is 1. The number of nitro groups is 2. The summed E-state index contributed by atoms with van der Waals surface area (Å²) in [6.07, 6.45) is 6.97. The topological polar surface area (TPSA) is 325 Å². The first-order chi connectivity index (χ1) is 64.1. The van der Waals surface area contributed by atoms with E-state index in [0.717, 1.165) is 59.0 Å². The molecule has 0 aliphatic carbocycles. The molecule has 0 saturated carbocycles. The van der Waals surface area contributed by atoms with E-state index in [2.05, 4.69) is 245 Å². The van der Waals surface area contributed by atoms with Gasteiger partial charge in [-0.1, -0.05) is 295 Å². The summed E-state index contributed by atoms with van der Waals surface area (Å²) in [6.45, 7) is 30.3. The predicted octanol–water partition coefficient (Wildman–Crippen LogP) is 22.1. The second-order valence-electron chi connectivity index (χ2n) is 34.6. The molecule has 10 aromatic rings. The standard InChI is InChI=1S/C31H34N2O5.C24H31NO3.C20H27NO.C16H19N.C7H5NO3.C5H9NO2.C4H9ClO.C3H4.CH4O.2CH4/c1-23(34)29(21-24-12-11-17-27(20-24)33(36)37)30(35)38-31(2,3)22-32(4)19-18-28(25-13-7-5-8-14-25)26-15-9-6-10-16-26;1-19(26)17-23(27)28-24(2,3)18-25(4)16-15-22(20-11-7-5-8-12-20)21-13-9-6-10-14-21;1-20(2,22)16-21(3)15-14-19(17-10-6-4-7-11-17)18-12-8-5-9-13-18;1-17-13-12-16(14-8-4-2-5-9-14)15-10-6-3-7-11-15;9-5-6-2-1-3-7(4-6)8(10)11;1-4(6)3-5(7)8-2;1-4(2,6)3-5;1-3-2;1-2;;/h5-17,20-21,28H,18-19,22H2,1-4H3;5-14,22H,15-18H2,1-4H3;4-13,19,22H,14-16H2,1-3H3;2-11,16-17H,12-13H2,1H3;1-5H;3H,6H2,1-2H3;6H,3H2,1-2H3;1-2H2;2H,1H3;2*1H4/b29-21+;;;;;4-3+;;;;;. The summed E-state index contributed by atoms with van der Waals surface area (Å²) in [7, 11) is 10.4. The molecule has 0 aromatic heterocycles. The molecule has 0 aliphatic rings. The lowest BCUT2D eigenvalue weighted by Gasteiger charge is -2.31. The number of likely N-dealkylation sites (N-methyl/N-ethyl adjacent to an activating group) is 3. The van der Waals surface area contributed by atoms with Crippen molar-refractivity contribution in [1.29, 1.82) is 0 Å². The maximum absolute atomic E-state index is 13.0. The van der Waals surface area contributed by atoms with Crippen molar-refractivity contribution in [1.82, 2.24) is 20.0 Å². The molecule has 0 heterocycles. The number of Topliss-reactive ketones (excluding diaryl/α,β-unsaturated/α-hetero) is 2. The molecule has 10 aromatic carbocycles. The number of aliphatic hydroxyl groups is 3. The van der Waals surface area contributed by atoms with Crippen LogP contribution in [0, 0.1) is 20.2 Å². The number of carbonyl (C=O) groups is 6. The van der Waals surface area contributed by atoms with E-state index < -0.39 is 55.9 Å². The van der Waals surface area contributed by atoms with Gasteiger partial charge in [0.05, 0.1) is 34.0 Å². The van der Waals surface area contributed by atoms with Gasteiger partial charge in [-0.05, 0) is 212 Å². The van der Waals surface area contributed by atoms with E-state index in [1.165, 1.54) is 120 Å². The number of ether oxygens (including phenoxy) is 3. The van der Waals surface area contributed by atoms with E-state index in [9.17, 15) is 54.1 Å². The fraction of sp³-hybridized carbons (Fsp3) is 0.354. The van der Waals surface area contributed by atoms with Gasteiger partial charge in [0.2, 0.25) is 0 Å². The number of esters is 3. The molecule has 0 aliphatic heterocycles. The van der Waals surface area contributed by atoms with Crippen molar-refractivity contribution in [2.45, 2.75) is 169 Å². The lowest BCUT2D eigenvalue weighted by Crippen LogP contribution is -2.41. The molecule has 137 heavy (non-hydrogen) atoms. The highest BCUT2D eigenvalue weighted by Crippen LogP contribution is 2.33. The number of nitro benzene ring substituents is 2. The Hall–Kier alpha value is -12.8. The Kier molecular flexibility index (Phi) is 61.9. The van der Waals surface area contributed by atoms with E-state index in [1.807, 2.05) is 97.4 Å². The quantitative estimate of drug-likeness (QED) is 0.00229. The molecule has 23 nitrogen and oxygen atoms in total. The number of nitrogens with one attached hydrogen (secondary N) is 1. The van der Waals surface area contributed by atoms with E-state index in [1.54, 1.807) is 40.7 Å². The Bertz CT molecular complexity index is 4990. The summed E-state index contributed by atoms with van der Waals surface area (Å²) in [4.78, 5) is 95.2. The van der Waals surface area contributed by atoms with Crippen LogP contribution in [0.1, 0.15) is 207 Å². The van der Waals surface area contributed by atoms with Crippen LogP contribution in [0.5, 0.6) is 0 Å². The van der Waals surface area contributed by atoms with E-state index >= 15 is 0 Å². The number of aliphatic hydroxyl groups excluding tert-OH is 1. The predicted molar refractivity (Wildman–Crippen MR) is 559 cm³/mol. The molecule has 0 unspecified atom stereocenters. The monoisotopic (exact) mass is 1900 g/mol. The fourth-order valence-electron chi connectivity index (χ4n) is 14.2. The highest BCUT2D eigenvalue weighted by molar-refractivity contribution is 6.20. The average molecular weight is 1900 g/mol. The Balaban J connectivity index is 0.00000166. The lowest BCUT2D eigenvalue weighted by atomic mass is 9.88. The van der Waals surface area contributed by atoms with Crippen LogP contribution < -0.4 is 11.1 Å². The van der Waals surface area contributed by atoms with Gasteiger partial charge in [-0.25, -0.2) is 9.59 Å². The van der Waals surface area contributed by atoms with Crippen molar-refractivity contribution >= 4 is 64.8 Å². The molecule has 740 valence electrons. The number of ketones is 2. The van der Waals surface area contributed by atoms with Crippen LogP contribution >= 0.6 is 11.6 Å². The Morgan fingerprint density at radius 3 is 0.993 bits per heavy atom.